The third kappa shape index (κ3) is 4.97. The van der Waals surface area contributed by atoms with Crippen molar-refractivity contribution in [1.82, 2.24) is 5.32 Å². The predicted octanol–water partition coefficient (Wildman–Crippen LogP) is 12.1. The molecule has 7 aromatic rings. The van der Waals surface area contributed by atoms with Crippen LogP contribution in [-0.4, -0.2) is 16.1 Å². The molecular formula is C50H37N3S. The Morgan fingerprint density at radius 1 is 0.611 bits per heavy atom. The Labute approximate surface area is 319 Å². The van der Waals surface area contributed by atoms with Crippen molar-refractivity contribution in [3.05, 3.63) is 202 Å². The van der Waals surface area contributed by atoms with E-state index in [0.717, 1.165) is 27.7 Å². The van der Waals surface area contributed by atoms with Crippen LogP contribution in [0.3, 0.4) is 0 Å². The lowest BCUT2D eigenvalue weighted by atomic mass is 9.81. The number of nitrogens with one attached hydrogen (secondary N) is 1. The van der Waals surface area contributed by atoms with Crippen LogP contribution in [0.4, 0.5) is 0 Å². The molecule has 4 aliphatic rings. The van der Waals surface area contributed by atoms with Gasteiger partial charge in [0.15, 0.2) is 0 Å². The summed E-state index contributed by atoms with van der Waals surface area (Å²) in [4.78, 5) is 10.8. The number of nitrogens with zero attached hydrogens (tertiary/aromatic N) is 2. The number of amidine groups is 1. The van der Waals surface area contributed by atoms with Gasteiger partial charge in [-0.2, -0.15) is 0 Å². The fraction of sp³-hybridized carbons (Fsp3) is 0.120. The fourth-order valence-corrected chi connectivity index (χ4v) is 10.2. The zero-order valence-electron chi connectivity index (χ0n) is 30.1. The SMILES string of the molecule is CC1(C)c2cc(C3=NC4c5c(ccc6cc(C7=NC(c8ccccc8)C=C(c8ccccc8)N7)ccc56)C=CC4S3)ccc2-c2cc3ccccc3cc21. The Kier molecular flexibility index (Phi) is 7.03. The molecule has 3 unspecified atom stereocenters. The van der Waals surface area contributed by atoms with Gasteiger partial charge < -0.3 is 5.32 Å². The van der Waals surface area contributed by atoms with E-state index >= 15 is 0 Å². The molecule has 2 heterocycles. The molecule has 0 radical (unpaired) electrons. The molecule has 0 saturated carbocycles. The first-order valence-corrected chi connectivity index (χ1v) is 19.7. The molecule has 258 valence electrons. The van der Waals surface area contributed by atoms with Crippen LogP contribution in [-0.2, 0) is 5.41 Å². The standard InChI is InChI=1S/C50H37N3S/c1-50(2)41-28-37(20-23-39(41)40-26-33-15-9-10-16-34(33)27-42(40)50)49-53-47-45(54-49)24-21-32-17-18-35-25-36(19-22-38(35)46(32)47)48-51-43(30-11-5-3-6-12-30)29-44(52-48)31-13-7-4-8-14-31/h3-29,43,45,47H,1-2H3,(H,51,52). The Bertz CT molecular complexity index is 2810. The van der Waals surface area contributed by atoms with Crippen molar-refractivity contribution in [2.24, 2.45) is 9.98 Å². The Morgan fingerprint density at radius 3 is 2.19 bits per heavy atom. The molecule has 11 rings (SSSR count). The quantitative estimate of drug-likeness (QED) is 0.197. The summed E-state index contributed by atoms with van der Waals surface area (Å²) in [6.07, 6.45) is 6.89. The van der Waals surface area contributed by atoms with Crippen LogP contribution in [0, 0.1) is 0 Å². The molecule has 0 aromatic heterocycles. The Balaban J connectivity index is 0.951. The second-order valence-electron chi connectivity index (χ2n) is 15.4. The van der Waals surface area contributed by atoms with Gasteiger partial charge in [0.2, 0.25) is 0 Å². The highest BCUT2D eigenvalue weighted by atomic mass is 32.2. The number of aliphatic imine (C=N–C) groups is 2. The molecule has 1 N–H and O–H groups in total. The molecule has 0 fully saturated rings. The van der Waals surface area contributed by atoms with Crippen molar-refractivity contribution >= 4 is 56.0 Å². The summed E-state index contributed by atoms with van der Waals surface area (Å²) < 4.78 is 0. The topological polar surface area (TPSA) is 36.8 Å². The van der Waals surface area contributed by atoms with Crippen molar-refractivity contribution in [3.8, 4) is 11.1 Å². The average Bonchev–Trinajstić information content (AvgIpc) is 3.76. The summed E-state index contributed by atoms with van der Waals surface area (Å²) in [5.74, 6) is 0.883. The molecular weight excluding hydrogens is 675 g/mol. The highest BCUT2D eigenvalue weighted by Gasteiger charge is 2.38. The van der Waals surface area contributed by atoms with Gasteiger partial charge in [-0.1, -0.05) is 159 Å². The maximum atomic E-state index is 5.52. The Morgan fingerprint density at radius 2 is 1.35 bits per heavy atom. The second kappa shape index (κ2) is 12.0. The van der Waals surface area contributed by atoms with Gasteiger partial charge in [0.1, 0.15) is 5.84 Å². The Hall–Kier alpha value is -5.97. The molecule has 0 bridgehead atoms. The van der Waals surface area contributed by atoms with Crippen molar-refractivity contribution in [3.63, 3.8) is 0 Å². The minimum absolute atomic E-state index is 0.0588. The molecule has 4 heteroatoms. The van der Waals surface area contributed by atoms with Crippen LogP contribution in [0.15, 0.2) is 168 Å². The van der Waals surface area contributed by atoms with E-state index in [9.17, 15) is 0 Å². The zero-order chi connectivity index (χ0) is 36.0. The van der Waals surface area contributed by atoms with E-state index < -0.39 is 0 Å². The lowest BCUT2D eigenvalue weighted by Gasteiger charge is -2.25. The molecule has 0 spiro atoms. The first-order valence-electron chi connectivity index (χ1n) is 18.8. The third-order valence-corrected chi connectivity index (χ3v) is 13.1. The number of hydrogen-bond donors (Lipinski definition) is 1. The lowest BCUT2D eigenvalue weighted by molar-refractivity contribution is 0.661. The summed E-state index contributed by atoms with van der Waals surface area (Å²) in [5.41, 5.74) is 13.7. The molecule has 2 aliphatic heterocycles. The first-order chi connectivity index (χ1) is 26.5. The van der Waals surface area contributed by atoms with Crippen molar-refractivity contribution < 1.29 is 0 Å². The largest absolute Gasteiger partial charge is 0.340 e. The van der Waals surface area contributed by atoms with Gasteiger partial charge in [-0.05, 0) is 96.4 Å². The maximum Gasteiger partial charge on any atom is 0.133 e. The number of hydrogen-bond acceptors (Lipinski definition) is 4. The van der Waals surface area contributed by atoms with Crippen LogP contribution in [0.1, 0.15) is 70.4 Å². The van der Waals surface area contributed by atoms with Gasteiger partial charge in [-0.25, -0.2) is 0 Å². The van der Waals surface area contributed by atoms with Gasteiger partial charge in [0.05, 0.1) is 22.4 Å². The van der Waals surface area contributed by atoms with Crippen molar-refractivity contribution in [1.29, 1.82) is 0 Å². The van der Waals surface area contributed by atoms with Gasteiger partial charge in [0, 0.05) is 22.2 Å². The van der Waals surface area contributed by atoms with Gasteiger partial charge >= 0.3 is 0 Å². The number of rotatable bonds is 4. The van der Waals surface area contributed by atoms with Crippen LogP contribution < -0.4 is 5.32 Å². The normalized spacial score (nSPS) is 20.3. The summed E-state index contributed by atoms with van der Waals surface area (Å²) in [6, 6.07) is 52.9. The fourth-order valence-electron chi connectivity index (χ4n) is 8.98. The molecule has 0 saturated heterocycles. The van der Waals surface area contributed by atoms with Gasteiger partial charge in [-0.15, -0.1) is 0 Å². The molecule has 3 nitrogen and oxygen atoms in total. The van der Waals surface area contributed by atoms with E-state index in [0.29, 0.717) is 0 Å². The summed E-state index contributed by atoms with van der Waals surface area (Å²) in [5, 5.41) is 10.1. The van der Waals surface area contributed by atoms with Gasteiger partial charge in [-0.3, -0.25) is 9.98 Å². The second-order valence-corrected chi connectivity index (χ2v) is 16.5. The van der Waals surface area contributed by atoms with E-state index in [1.165, 1.54) is 66.1 Å². The van der Waals surface area contributed by atoms with Crippen LogP contribution in [0.25, 0.3) is 44.4 Å². The maximum absolute atomic E-state index is 5.52. The summed E-state index contributed by atoms with van der Waals surface area (Å²) in [7, 11) is 0. The van der Waals surface area contributed by atoms with Gasteiger partial charge in [0.25, 0.3) is 0 Å². The minimum Gasteiger partial charge on any atom is -0.340 e. The molecule has 7 aromatic carbocycles. The summed E-state index contributed by atoms with van der Waals surface area (Å²) >= 11 is 1.90. The highest BCUT2D eigenvalue weighted by molar-refractivity contribution is 8.15. The smallest absolute Gasteiger partial charge is 0.133 e. The van der Waals surface area contributed by atoms with Crippen LogP contribution >= 0.6 is 11.8 Å². The molecule has 3 atom stereocenters. The van der Waals surface area contributed by atoms with Crippen LogP contribution in [0.5, 0.6) is 0 Å². The molecule has 0 amide bonds. The number of thioether (sulfide) groups is 1. The average molecular weight is 712 g/mol. The third-order valence-electron chi connectivity index (χ3n) is 11.8. The zero-order valence-corrected chi connectivity index (χ0v) is 30.9. The van der Waals surface area contributed by atoms with Crippen molar-refractivity contribution in [2.75, 3.05) is 0 Å². The molecule has 54 heavy (non-hydrogen) atoms. The first kappa shape index (κ1) is 31.5. The van der Waals surface area contributed by atoms with Crippen molar-refractivity contribution in [2.45, 2.75) is 36.6 Å². The van der Waals surface area contributed by atoms with E-state index in [1.807, 2.05) is 11.8 Å². The monoisotopic (exact) mass is 711 g/mol. The minimum atomic E-state index is -0.0854. The van der Waals surface area contributed by atoms with E-state index in [2.05, 4.69) is 183 Å². The van der Waals surface area contributed by atoms with Crippen LogP contribution in [0.2, 0.25) is 0 Å². The van der Waals surface area contributed by atoms with E-state index in [1.54, 1.807) is 0 Å². The van der Waals surface area contributed by atoms with E-state index in [4.69, 9.17) is 9.98 Å². The molecule has 2 aliphatic carbocycles. The summed E-state index contributed by atoms with van der Waals surface area (Å²) in [6.45, 7) is 4.74. The predicted molar refractivity (Wildman–Crippen MR) is 228 cm³/mol. The van der Waals surface area contributed by atoms with E-state index in [-0.39, 0.29) is 22.7 Å². The highest BCUT2D eigenvalue weighted by Crippen LogP contribution is 2.52. The number of benzene rings is 7. The number of fused-ring (bicyclic) bond motifs is 9. The lowest BCUT2D eigenvalue weighted by Crippen LogP contribution is -2.27.